The van der Waals surface area contributed by atoms with Gasteiger partial charge in [0.05, 0.1) is 6.26 Å². The number of sulfonamides is 1. The number of carbonyl (C=O) groups is 2. The van der Waals surface area contributed by atoms with Crippen molar-refractivity contribution in [1.82, 2.24) is 4.31 Å². The molecule has 29 heavy (non-hydrogen) atoms. The third-order valence-corrected chi connectivity index (χ3v) is 5.99. The molecule has 0 spiro atoms. The van der Waals surface area contributed by atoms with Gasteiger partial charge in [0.15, 0.2) is 6.61 Å². The van der Waals surface area contributed by atoms with Crippen molar-refractivity contribution >= 4 is 27.6 Å². The minimum absolute atomic E-state index is 0.101. The molecule has 1 aliphatic heterocycles. The Bertz CT molecular complexity index is 1030. The summed E-state index contributed by atoms with van der Waals surface area (Å²) < 4.78 is 30.7. The number of amides is 1. The number of fused-ring (bicyclic) bond motifs is 1. The van der Waals surface area contributed by atoms with E-state index in [1.54, 1.807) is 0 Å². The molecule has 0 aliphatic carbocycles. The highest BCUT2D eigenvalue weighted by molar-refractivity contribution is 7.88. The van der Waals surface area contributed by atoms with E-state index in [0.29, 0.717) is 5.69 Å². The minimum Gasteiger partial charge on any atom is -0.454 e. The molecule has 0 aromatic heterocycles. The fourth-order valence-electron chi connectivity index (χ4n) is 3.53. The van der Waals surface area contributed by atoms with Gasteiger partial charge < -0.3 is 10.1 Å². The lowest BCUT2D eigenvalue weighted by Gasteiger charge is -2.33. The maximum absolute atomic E-state index is 12.6. The maximum atomic E-state index is 12.6. The number of aryl methyl sites for hydroxylation is 2. The van der Waals surface area contributed by atoms with Crippen molar-refractivity contribution in [3.05, 3.63) is 64.7 Å². The normalized spacial score (nSPS) is 16.7. The van der Waals surface area contributed by atoms with Crippen LogP contribution >= 0.6 is 0 Å². The highest BCUT2D eigenvalue weighted by atomic mass is 32.2. The highest BCUT2D eigenvalue weighted by Gasteiger charge is 2.38. The van der Waals surface area contributed by atoms with Gasteiger partial charge in [0, 0.05) is 18.7 Å². The van der Waals surface area contributed by atoms with Gasteiger partial charge in [0.2, 0.25) is 10.0 Å². The second-order valence-corrected chi connectivity index (χ2v) is 9.26. The predicted octanol–water partition coefficient (Wildman–Crippen LogP) is 2.17. The zero-order valence-electron chi connectivity index (χ0n) is 16.6. The molecule has 0 saturated carbocycles. The highest BCUT2D eigenvalue weighted by Crippen LogP contribution is 2.26. The average molecular weight is 416 g/mol. The number of nitrogens with one attached hydrogen (secondary N) is 1. The number of nitrogens with zero attached hydrogens (tertiary/aromatic N) is 1. The van der Waals surface area contributed by atoms with Crippen molar-refractivity contribution in [2.75, 3.05) is 18.2 Å². The van der Waals surface area contributed by atoms with E-state index in [4.69, 9.17) is 4.74 Å². The van der Waals surface area contributed by atoms with Crippen LogP contribution in [0, 0.1) is 13.8 Å². The quantitative estimate of drug-likeness (QED) is 0.754. The molecule has 0 bridgehead atoms. The Kier molecular flexibility index (Phi) is 6.04. The summed E-state index contributed by atoms with van der Waals surface area (Å²) in [6.45, 7) is 3.46. The van der Waals surface area contributed by atoms with Crippen LogP contribution < -0.4 is 5.32 Å². The summed E-state index contributed by atoms with van der Waals surface area (Å²) in [4.78, 5) is 24.8. The topological polar surface area (TPSA) is 92.8 Å². The average Bonchev–Trinajstić information content (AvgIpc) is 2.63. The van der Waals surface area contributed by atoms with E-state index in [2.05, 4.69) is 5.32 Å². The van der Waals surface area contributed by atoms with Crippen LogP contribution in [0.1, 0.15) is 22.3 Å². The number of esters is 1. The van der Waals surface area contributed by atoms with Gasteiger partial charge >= 0.3 is 5.97 Å². The monoisotopic (exact) mass is 416 g/mol. The van der Waals surface area contributed by atoms with Crippen LogP contribution in [0.2, 0.25) is 0 Å². The Morgan fingerprint density at radius 2 is 1.72 bits per heavy atom. The summed E-state index contributed by atoms with van der Waals surface area (Å²) in [7, 11) is -3.63. The molecule has 1 heterocycles. The minimum atomic E-state index is -3.63. The molecule has 3 rings (SSSR count). The summed E-state index contributed by atoms with van der Waals surface area (Å²) in [6.07, 6.45) is 1.27. The van der Waals surface area contributed by atoms with Crippen LogP contribution in [-0.4, -0.2) is 43.5 Å². The molecule has 1 atom stereocenters. The lowest BCUT2D eigenvalue weighted by atomic mass is 9.96. The van der Waals surface area contributed by atoms with E-state index in [1.807, 2.05) is 56.3 Å². The van der Waals surface area contributed by atoms with Crippen LogP contribution in [0.5, 0.6) is 0 Å². The van der Waals surface area contributed by atoms with Gasteiger partial charge in [-0.3, -0.25) is 9.59 Å². The molecular formula is C21H24N2O5S. The standard InChI is InChI=1S/C21H24N2O5S/c1-14-8-15(2)10-18(9-14)22-20(24)13-28-21(25)19-11-16-6-4-5-7-17(16)12-23(19)29(3,26)27/h4-10,19H,11-13H2,1-3H3,(H,22,24)/t19-/m0/s1. The molecule has 0 fully saturated rings. The molecule has 1 aliphatic rings. The van der Waals surface area contributed by atoms with E-state index in [-0.39, 0.29) is 13.0 Å². The van der Waals surface area contributed by atoms with Gasteiger partial charge in [0.1, 0.15) is 6.04 Å². The second-order valence-electron chi connectivity index (χ2n) is 7.33. The summed E-state index contributed by atoms with van der Waals surface area (Å²) in [5.74, 6) is -1.22. The van der Waals surface area contributed by atoms with E-state index in [0.717, 1.165) is 32.8 Å². The third kappa shape index (κ3) is 5.21. The molecule has 7 nitrogen and oxygen atoms in total. The number of ether oxygens (including phenoxy) is 1. The molecule has 2 aromatic carbocycles. The van der Waals surface area contributed by atoms with E-state index in [1.165, 1.54) is 0 Å². The number of rotatable bonds is 5. The van der Waals surface area contributed by atoms with Crippen molar-refractivity contribution < 1.29 is 22.7 Å². The Balaban J connectivity index is 1.67. The summed E-state index contributed by atoms with van der Waals surface area (Å²) in [5.41, 5.74) is 4.38. The molecule has 2 aromatic rings. The van der Waals surface area contributed by atoms with Crippen LogP contribution in [0.3, 0.4) is 0 Å². The Morgan fingerprint density at radius 1 is 1.10 bits per heavy atom. The molecule has 0 radical (unpaired) electrons. The number of benzene rings is 2. The Morgan fingerprint density at radius 3 is 2.34 bits per heavy atom. The van der Waals surface area contributed by atoms with Gasteiger partial charge in [-0.05, 0) is 48.2 Å². The first-order chi connectivity index (χ1) is 13.6. The van der Waals surface area contributed by atoms with Gasteiger partial charge in [0.25, 0.3) is 5.91 Å². The van der Waals surface area contributed by atoms with Gasteiger partial charge in [-0.15, -0.1) is 0 Å². The fraction of sp³-hybridized carbons (Fsp3) is 0.333. The third-order valence-electron chi connectivity index (χ3n) is 4.75. The number of hydrogen-bond acceptors (Lipinski definition) is 5. The molecule has 0 saturated heterocycles. The first-order valence-electron chi connectivity index (χ1n) is 9.22. The Labute approximate surface area is 170 Å². The molecule has 1 N–H and O–H groups in total. The Hall–Kier alpha value is -2.71. The zero-order chi connectivity index (χ0) is 21.2. The van der Waals surface area contributed by atoms with Gasteiger partial charge in [-0.2, -0.15) is 4.31 Å². The van der Waals surface area contributed by atoms with Crippen molar-refractivity contribution in [1.29, 1.82) is 0 Å². The van der Waals surface area contributed by atoms with Gasteiger partial charge in [-0.1, -0.05) is 30.3 Å². The van der Waals surface area contributed by atoms with Crippen molar-refractivity contribution in [2.45, 2.75) is 32.9 Å². The lowest BCUT2D eigenvalue weighted by Crippen LogP contribution is -2.49. The molecule has 0 unspecified atom stereocenters. The fourth-order valence-corrected chi connectivity index (χ4v) is 4.52. The molecule has 8 heteroatoms. The molecule has 1 amide bonds. The maximum Gasteiger partial charge on any atom is 0.325 e. The second kappa shape index (κ2) is 8.34. The van der Waals surface area contributed by atoms with Crippen molar-refractivity contribution in [3.63, 3.8) is 0 Å². The van der Waals surface area contributed by atoms with Gasteiger partial charge in [-0.25, -0.2) is 8.42 Å². The lowest BCUT2D eigenvalue weighted by molar-refractivity contribution is -0.151. The molecule has 154 valence electrons. The summed E-state index contributed by atoms with van der Waals surface area (Å²) in [5, 5.41) is 2.69. The zero-order valence-corrected chi connectivity index (χ0v) is 17.5. The van der Waals surface area contributed by atoms with Crippen molar-refractivity contribution in [3.8, 4) is 0 Å². The number of hydrogen-bond donors (Lipinski definition) is 1. The first kappa shape index (κ1) is 21.0. The summed E-state index contributed by atoms with van der Waals surface area (Å²) in [6, 6.07) is 12.0. The van der Waals surface area contributed by atoms with Crippen LogP contribution in [0.15, 0.2) is 42.5 Å². The van der Waals surface area contributed by atoms with Crippen LogP contribution in [0.25, 0.3) is 0 Å². The van der Waals surface area contributed by atoms with E-state index >= 15 is 0 Å². The SMILES string of the molecule is Cc1cc(C)cc(NC(=O)COC(=O)[C@@H]2Cc3ccccc3CN2S(C)(=O)=O)c1. The summed E-state index contributed by atoms with van der Waals surface area (Å²) >= 11 is 0. The first-order valence-corrected chi connectivity index (χ1v) is 11.1. The van der Waals surface area contributed by atoms with Crippen LogP contribution in [-0.2, 0) is 37.3 Å². The number of anilines is 1. The van der Waals surface area contributed by atoms with E-state index in [9.17, 15) is 18.0 Å². The molecular weight excluding hydrogens is 392 g/mol. The van der Waals surface area contributed by atoms with Crippen molar-refractivity contribution in [2.24, 2.45) is 0 Å². The smallest absolute Gasteiger partial charge is 0.325 e. The number of carbonyl (C=O) groups excluding carboxylic acids is 2. The van der Waals surface area contributed by atoms with Crippen LogP contribution in [0.4, 0.5) is 5.69 Å². The largest absolute Gasteiger partial charge is 0.454 e. The van der Waals surface area contributed by atoms with E-state index < -0.39 is 34.5 Å². The predicted molar refractivity (Wildman–Crippen MR) is 110 cm³/mol.